The maximum absolute atomic E-state index is 11.8. The first-order chi connectivity index (χ1) is 17.3. The van der Waals surface area contributed by atoms with Gasteiger partial charge in [0.2, 0.25) is 0 Å². The van der Waals surface area contributed by atoms with Crippen molar-refractivity contribution in [2.45, 2.75) is 122 Å². The molecule has 0 aliphatic heterocycles. The van der Waals surface area contributed by atoms with E-state index < -0.39 is 45.8 Å². The average Bonchev–Trinajstić information content (AvgIpc) is 2.86. The summed E-state index contributed by atoms with van der Waals surface area (Å²) in [6, 6.07) is 0. The normalized spacial score (nSPS) is 15.1. The lowest BCUT2D eigenvalue weighted by molar-refractivity contribution is -0.147. The molecule has 0 radical (unpaired) electrons. The molecule has 0 rings (SSSR count). The molecule has 0 aromatic carbocycles. The third-order valence-electron chi connectivity index (χ3n) is 5.65. The summed E-state index contributed by atoms with van der Waals surface area (Å²) < 4.78 is 25.5. The average molecular weight is 539 g/mol. The highest BCUT2D eigenvalue weighted by atomic mass is 31.2. The lowest BCUT2D eigenvalue weighted by Crippen LogP contribution is -2.24. The fraction of sp³-hybridized carbons (Fsp3) is 0.885. The lowest BCUT2D eigenvalue weighted by atomic mass is 10.1. The molecule has 36 heavy (non-hydrogen) atoms. The molecule has 0 spiro atoms. The number of hydrogen-bond donors (Lipinski definition) is 4. The Kier molecular flexibility index (Phi) is 24.0. The number of esters is 1. The maximum atomic E-state index is 11.8. The van der Waals surface area contributed by atoms with Crippen molar-refractivity contribution < 1.29 is 43.4 Å². The molecule has 0 aliphatic carbocycles. The molecule has 0 aromatic rings. The Bertz CT molecular complexity index is 586. The molecule has 0 fully saturated rings. The van der Waals surface area contributed by atoms with Gasteiger partial charge in [0.1, 0.15) is 18.8 Å². The molecule has 9 nitrogen and oxygen atoms in total. The van der Waals surface area contributed by atoms with E-state index in [-0.39, 0.29) is 13.0 Å². The summed E-state index contributed by atoms with van der Waals surface area (Å²) in [5.74, 6) is -0.434. The van der Waals surface area contributed by atoms with Gasteiger partial charge in [-0.05, 0) is 32.1 Å². The van der Waals surface area contributed by atoms with Gasteiger partial charge in [0.25, 0.3) is 0 Å². The van der Waals surface area contributed by atoms with Gasteiger partial charge >= 0.3 is 13.8 Å². The fourth-order valence-corrected chi connectivity index (χ4v) is 4.25. The molecule has 1 unspecified atom stereocenters. The number of allylic oxidation sites excluding steroid dienone is 2. The lowest BCUT2D eigenvalue weighted by Gasteiger charge is -2.16. The molecular weight excluding hydrogens is 487 g/mol. The Balaban J connectivity index is 3.51. The fourth-order valence-electron chi connectivity index (χ4n) is 3.45. The predicted molar refractivity (Wildman–Crippen MR) is 140 cm³/mol. The van der Waals surface area contributed by atoms with E-state index in [1.54, 1.807) is 0 Å². The number of hydrogen-bond acceptors (Lipinski definition) is 8. The van der Waals surface area contributed by atoms with E-state index >= 15 is 0 Å². The van der Waals surface area contributed by atoms with Gasteiger partial charge in [-0.2, -0.15) is 0 Å². The van der Waals surface area contributed by atoms with Crippen molar-refractivity contribution in [3.05, 3.63) is 12.2 Å². The largest absolute Gasteiger partial charge is 0.472 e. The van der Waals surface area contributed by atoms with Crippen molar-refractivity contribution >= 4 is 13.8 Å². The van der Waals surface area contributed by atoms with Crippen LogP contribution in [0.4, 0.5) is 0 Å². The number of phosphoric acid groups is 1. The van der Waals surface area contributed by atoms with Crippen molar-refractivity contribution in [2.24, 2.45) is 0 Å². The van der Waals surface area contributed by atoms with Crippen LogP contribution >= 0.6 is 7.82 Å². The van der Waals surface area contributed by atoms with Crippen LogP contribution in [-0.2, 0) is 23.1 Å². The maximum Gasteiger partial charge on any atom is 0.472 e. The minimum Gasteiger partial charge on any atom is -0.463 e. The van der Waals surface area contributed by atoms with E-state index in [0.29, 0.717) is 0 Å². The molecule has 3 atom stereocenters. The standard InChI is InChI=1S/C26H51O9P/c1-2-3-4-5-6-7-8-9-10-11-12-13-14-15-16-17-18-19-26(30)33-21-25(29)23-35-36(31,32)34-22-24(28)20-27/h9-10,24-25,27-29H,2-8,11-23H2,1H3,(H,31,32)/b10-9-/t24-,25+/m0/s1. The van der Waals surface area contributed by atoms with Gasteiger partial charge in [-0.3, -0.25) is 13.8 Å². The topological polar surface area (TPSA) is 143 Å². The number of carbonyl (C=O) groups excluding carboxylic acids is 1. The summed E-state index contributed by atoms with van der Waals surface area (Å²) in [7, 11) is -4.48. The van der Waals surface area contributed by atoms with E-state index in [9.17, 15) is 19.4 Å². The number of phosphoric ester groups is 1. The van der Waals surface area contributed by atoms with Crippen molar-refractivity contribution in [3.63, 3.8) is 0 Å². The number of aliphatic hydroxyl groups is 3. The SMILES string of the molecule is CCCCCCCC/C=C\CCCCCCCCCC(=O)OC[C@@H](O)COP(=O)(O)OC[C@@H](O)CO. The second-order valence-corrected chi connectivity index (χ2v) is 10.7. The highest BCUT2D eigenvalue weighted by Gasteiger charge is 2.24. The Morgan fingerprint density at radius 3 is 1.75 bits per heavy atom. The van der Waals surface area contributed by atoms with Gasteiger partial charge in [-0.1, -0.05) is 83.3 Å². The number of rotatable bonds is 26. The summed E-state index contributed by atoms with van der Waals surface area (Å²) in [5.41, 5.74) is 0. The third kappa shape index (κ3) is 24.9. The molecule has 4 N–H and O–H groups in total. The zero-order chi connectivity index (χ0) is 26.9. The predicted octanol–water partition coefficient (Wildman–Crippen LogP) is 5.20. The van der Waals surface area contributed by atoms with Crippen molar-refractivity contribution in [2.75, 3.05) is 26.4 Å². The second-order valence-electron chi connectivity index (χ2n) is 9.27. The van der Waals surface area contributed by atoms with Gasteiger partial charge in [0.05, 0.1) is 19.8 Å². The Labute approximate surface area is 217 Å². The van der Waals surface area contributed by atoms with E-state index in [0.717, 1.165) is 32.1 Å². The number of unbranched alkanes of at least 4 members (excludes halogenated alkanes) is 13. The third-order valence-corrected chi connectivity index (χ3v) is 6.60. The Hall–Kier alpha value is -0.800. The minimum absolute atomic E-state index is 0.262. The Morgan fingerprint density at radius 1 is 0.750 bits per heavy atom. The van der Waals surface area contributed by atoms with Gasteiger partial charge in [-0.25, -0.2) is 4.57 Å². The second kappa shape index (κ2) is 24.5. The first-order valence-corrected chi connectivity index (χ1v) is 15.2. The molecule has 0 aromatic heterocycles. The van der Waals surface area contributed by atoms with Crippen LogP contribution in [0.2, 0.25) is 0 Å². The van der Waals surface area contributed by atoms with Crippen LogP contribution in [0.5, 0.6) is 0 Å². The molecule has 10 heteroatoms. The molecule has 0 bridgehead atoms. The van der Waals surface area contributed by atoms with Crippen LogP contribution in [0, 0.1) is 0 Å². The first kappa shape index (κ1) is 35.2. The molecule has 0 saturated heterocycles. The number of carbonyl (C=O) groups is 1. The van der Waals surface area contributed by atoms with E-state index in [1.165, 1.54) is 64.2 Å². The van der Waals surface area contributed by atoms with Crippen LogP contribution in [-0.4, -0.2) is 64.8 Å². The quantitative estimate of drug-likeness (QED) is 0.0506. The first-order valence-electron chi connectivity index (χ1n) is 13.7. The van der Waals surface area contributed by atoms with Crippen molar-refractivity contribution in [3.8, 4) is 0 Å². The molecule has 214 valence electrons. The van der Waals surface area contributed by atoms with E-state index in [2.05, 4.69) is 28.1 Å². The van der Waals surface area contributed by atoms with Gasteiger partial charge < -0.3 is 24.9 Å². The van der Waals surface area contributed by atoms with Crippen LogP contribution in [0.1, 0.15) is 110 Å². The molecule has 0 saturated carbocycles. The molecule has 0 amide bonds. The van der Waals surface area contributed by atoms with Gasteiger partial charge in [0, 0.05) is 6.42 Å². The van der Waals surface area contributed by atoms with Gasteiger partial charge in [0.15, 0.2) is 0 Å². The van der Waals surface area contributed by atoms with Crippen LogP contribution in [0.15, 0.2) is 12.2 Å². The molecule has 0 heterocycles. The summed E-state index contributed by atoms with van der Waals surface area (Å²) >= 11 is 0. The summed E-state index contributed by atoms with van der Waals surface area (Å²) in [6.07, 6.45) is 20.3. The molecular formula is C26H51O9P. The Morgan fingerprint density at radius 2 is 1.22 bits per heavy atom. The van der Waals surface area contributed by atoms with Crippen LogP contribution in [0.3, 0.4) is 0 Å². The number of aliphatic hydroxyl groups excluding tert-OH is 3. The summed E-state index contributed by atoms with van der Waals surface area (Å²) in [4.78, 5) is 21.2. The number of ether oxygens (including phenoxy) is 1. The minimum atomic E-state index is -4.48. The zero-order valence-electron chi connectivity index (χ0n) is 22.2. The summed E-state index contributed by atoms with van der Waals surface area (Å²) in [5, 5.41) is 27.4. The monoisotopic (exact) mass is 538 g/mol. The van der Waals surface area contributed by atoms with Crippen molar-refractivity contribution in [1.82, 2.24) is 0 Å². The zero-order valence-corrected chi connectivity index (χ0v) is 23.1. The van der Waals surface area contributed by atoms with Crippen LogP contribution in [0.25, 0.3) is 0 Å². The highest BCUT2D eigenvalue weighted by Crippen LogP contribution is 2.43. The smallest absolute Gasteiger partial charge is 0.463 e. The van der Waals surface area contributed by atoms with E-state index in [4.69, 9.17) is 14.9 Å². The molecule has 0 aliphatic rings. The highest BCUT2D eigenvalue weighted by molar-refractivity contribution is 7.47. The van der Waals surface area contributed by atoms with Crippen molar-refractivity contribution in [1.29, 1.82) is 0 Å². The van der Waals surface area contributed by atoms with Crippen LogP contribution < -0.4 is 0 Å². The van der Waals surface area contributed by atoms with Gasteiger partial charge in [-0.15, -0.1) is 0 Å². The van der Waals surface area contributed by atoms with E-state index in [1.807, 2.05) is 0 Å². The summed E-state index contributed by atoms with van der Waals surface area (Å²) in [6.45, 7) is 0.0921.